The van der Waals surface area contributed by atoms with Crippen molar-refractivity contribution in [3.8, 4) is 0 Å². The molecule has 0 aliphatic heterocycles. The van der Waals surface area contributed by atoms with Crippen molar-refractivity contribution in [1.29, 1.82) is 0 Å². The Bertz CT molecular complexity index is 647. The van der Waals surface area contributed by atoms with Crippen molar-refractivity contribution in [3.63, 3.8) is 0 Å². The van der Waals surface area contributed by atoms with Crippen LogP contribution in [0.3, 0.4) is 0 Å². The average molecular weight is 297 g/mol. The molecule has 2 N–H and O–H groups in total. The molecule has 1 heterocycles. The molecule has 2 rings (SSSR count). The third-order valence-corrected chi connectivity index (χ3v) is 3.12. The Morgan fingerprint density at radius 1 is 1.14 bits per heavy atom. The summed E-state index contributed by atoms with van der Waals surface area (Å²) in [4.78, 5) is 16.7. The molecule has 1 aromatic heterocycles. The van der Waals surface area contributed by atoms with Crippen molar-refractivity contribution in [2.45, 2.75) is 6.54 Å². The molecule has 0 saturated carbocycles. The second kappa shape index (κ2) is 7.26. The molecule has 0 saturated heterocycles. The molecule has 22 heavy (non-hydrogen) atoms. The first-order valence-electron chi connectivity index (χ1n) is 6.92. The number of carbonyl (C=O) groups is 1. The Kier molecular flexibility index (Phi) is 5.14. The lowest BCUT2D eigenvalue weighted by atomic mass is 10.1. The number of benzene rings is 1. The summed E-state index contributed by atoms with van der Waals surface area (Å²) in [5.74, 6) is 0.924. The van der Waals surface area contributed by atoms with Crippen LogP contribution >= 0.6 is 0 Å². The molecule has 1 aromatic carbocycles. The molecule has 0 radical (unpaired) electrons. The quantitative estimate of drug-likeness (QED) is 0.890. The molecule has 0 atom stereocenters. The zero-order chi connectivity index (χ0) is 15.9. The lowest BCUT2D eigenvalue weighted by Crippen LogP contribution is -2.19. The number of nitrogens with one attached hydrogen (secondary N) is 1. The van der Waals surface area contributed by atoms with Gasteiger partial charge in [0.25, 0.3) is 0 Å². The maximum absolute atomic E-state index is 10.4. The fraction of sp³-hybridized carbons (Fsp3) is 0.176. The van der Waals surface area contributed by atoms with Gasteiger partial charge in [-0.2, -0.15) is 0 Å². The third-order valence-electron chi connectivity index (χ3n) is 3.12. The lowest BCUT2D eigenvalue weighted by Gasteiger charge is -2.10. The summed E-state index contributed by atoms with van der Waals surface area (Å²) in [5, 5.41) is 10.9. The molecule has 0 spiro atoms. The van der Waals surface area contributed by atoms with Gasteiger partial charge < -0.3 is 15.3 Å². The molecule has 5 heteroatoms. The third kappa shape index (κ3) is 4.63. The van der Waals surface area contributed by atoms with Crippen LogP contribution in [0.15, 0.2) is 42.6 Å². The monoisotopic (exact) mass is 297 g/mol. The van der Waals surface area contributed by atoms with E-state index in [0.29, 0.717) is 6.54 Å². The number of pyridine rings is 1. The molecule has 114 valence electrons. The van der Waals surface area contributed by atoms with E-state index in [1.165, 1.54) is 0 Å². The highest BCUT2D eigenvalue weighted by Crippen LogP contribution is 2.12. The minimum absolute atomic E-state index is 0.315. The van der Waals surface area contributed by atoms with Gasteiger partial charge in [0, 0.05) is 26.8 Å². The zero-order valence-electron chi connectivity index (χ0n) is 12.7. The highest BCUT2D eigenvalue weighted by atomic mass is 16.4. The summed E-state index contributed by atoms with van der Waals surface area (Å²) in [5.41, 5.74) is 3.01. The molecule has 0 bridgehead atoms. The summed E-state index contributed by atoms with van der Waals surface area (Å²) >= 11 is 0. The number of hydrogen-bond donors (Lipinski definition) is 2. The van der Waals surface area contributed by atoms with Crippen molar-refractivity contribution in [2.75, 3.05) is 19.0 Å². The second-order valence-electron chi connectivity index (χ2n) is 5.08. The van der Waals surface area contributed by atoms with Gasteiger partial charge >= 0.3 is 6.09 Å². The molecule has 2 aromatic rings. The van der Waals surface area contributed by atoms with E-state index in [9.17, 15) is 4.79 Å². The Labute approximate surface area is 129 Å². The van der Waals surface area contributed by atoms with Crippen LogP contribution in [0.25, 0.3) is 12.2 Å². The maximum atomic E-state index is 10.4. The maximum Gasteiger partial charge on any atom is 0.404 e. The van der Waals surface area contributed by atoms with E-state index < -0.39 is 6.09 Å². The van der Waals surface area contributed by atoms with Gasteiger partial charge in [0.2, 0.25) is 0 Å². The van der Waals surface area contributed by atoms with Gasteiger partial charge in [-0.1, -0.05) is 36.4 Å². The molecule has 1 amide bonds. The number of hydrogen-bond acceptors (Lipinski definition) is 3. The number of nitrogens with zero attached hydrogens (tertiary/aromatic N) is 2. The van der Waals surface area contributed by atoms with E-state index in [1.807, 2.05) is 73.7 Å². The average Bonchev–Trinajstić information content (AvgIpc) is 2.52. The van der Waals surface area contributed by atoms with E-state index in [1.54, 1.807) is 0 Å². The molecule has 0 aliphatic rings. The van der Waals surface area contributed by atoms with Crippen LogP contribution in [0.4, 0.5) is 10.6 Å². The van der Waals surface area contributed by atoms with Gasteiger partial charge in [0.05, 0.1) is 0 Å². The second-order valence-corrected chi connectivity index (χ2v) is 5.08. The molecule has 0 fully saturated rings. The molecular weight excluding hydrogens is 278 g/mol. The zero-order valence-corrected chi connectivity index (χ0v) is 12.7. The highest BCUT2D eigenvalue weighted by molar-refractivity contribution is 5.69. The Balaban J connectivity index is 1.99. The summed E-state index contributed by atoms with van der Waals surface area (Å²) in [6.45, 7) is 0.315. The number of carboxylic acid groups (broad SMARTS) is 1. The molecule has 0 unspecified atom stereocenters. The normalized spacial score (nSPS) is 10.6. The van der Waals surface area contributed by atoms with Crippen LogP contribution < -0.4 is 10.2 Å². The largest absolute Gasteiger partial charge is 0.465 e. The molecule has 5 nitrogen and oxygen atoms in total. The SMILES string of the molecule is CN(C)c1ccc(/C=C/c2ccc(CNC(=O)O)cc2)cn1. The van der Waals surface area contributed by atoms with Crippen molar-refractivity contribution in [3.05, 3.63) is 59.3 Å². The van der Waals surface area contributed by atoms with Gasteiger partial charge in [0.1, 0.15) is 5.82 Å². The smallest absolute Gasteiger partial charge is 0.404 e. The van der Waals surface area contributed by atoms with Crippen LogP contribution in [-0.4, -0.2) is 30.3 Å². The fourth-order valence-corrected chi connectivity index (χ4v) is 1.88. The lowest BCUT2D eigenvalue weighted by molar-refractivity contribution is 0.194. The highest BCUT2D eigenvalue weighted by Gasteiger charge is 1.97. The van der Waals surface area contributed by atoms with E-state index in [2.05, 4.69) is 10.3 Å². The number of aromatic nitrogens is 1. The van der Waals surface area contributed by atoms with Crippen molar-refractivity contribution >= 4 is 24.1 Å². The number of anilines is 1. The van der Waals surface area contributed by atoms with Gasteiger partial charge in [-0.15, -0.1) is 0 Å². The topological polar surface area (TPSA) is 65.5 Å². The van der Waals surface area contributed by atoms with Crippen LogP contribution in [0, 0.1) is 0 Å². The first-order chi connectivity index (χ1) is 10.5. The fourth-order valence-electron chi connectivity index (χ4n) is 1.88. The first kappa shape index (κ1) is 15.6. The van der Waals surface area contributed by atoms with E-state index in [-0.39, 0.29) is 0 Å². The van der Waals surface area contributed by atoms with Gasteiger partial charge in [-0.05, 0) is 28.8 Å². The first-order valence-corrected chi connectivity index (χ1v) is 6.92. The molecule has 0 aliphatic carbocycles. The Hall–Kier alpha value is -2.82. The standard InChI is InChI=1S/C17H19N3O2/c1-20(2)16-10-9-15(11-18-16)8-5-13-3-6-14(7-4-13)12-19-17(21)22/h3-11,19H,12H2,1-2H3,(H,21,22)/b8-5+. The predicted molar refractivity (Wildman–Crippen MR) is 88.8 cm³/mol. The van der Waals surface area contributed by atoms with Crippen molar-refractivity contribution < 1.29 is 9.90 Å². The Morgan fingerprint density at radius 2 is 1.77 bits per heavy atom. The van der Waals surface area contributed by atoms with Crippen LogP contribution in [0.2, 0.25) is 0 Å². The number of rotatable bonds is 5. The van der Waals surface area contributed by atoms with E-state index in [0.717, 1.165) is 22.5 Å². The van der Waals surface area contributed by atoms with E-state index in [4.69, 9.17) is 5.11 Å². The van der Waals surface area contributed by atoms with E-state index >= 15 is 0 Å². The Morgan fingerprint density at radius 3 is 2.32 bits per heavy atom. The van der Waals surface area contributed by atoms with Crippen molar-refractivity contribution in [1.82, 2.24) is 10.3 Å². The summed E-state index contributed by atoms with van der Waals surface area (Å²) < 4.78 is 0. The van der Waals surface area contributed by atoms with Crippen molar-refractivity contribution in [2.24, 2.45) is 0 Å². The summed E-state index contributed by atoms with van der Waals surface area (Å²) in [6.07, 6.45) is 4.81. The minimum Gasteiger partial charge on any atom is -0.465 e. The summed E-state index contributed by atoms with van der Waals surface area (Å²) in [7, 11) is 3.91. The van der Waals surface area contributed by atoms with Crippen LogP contribution in [0.1, 0.15) is 16.7 Å². The number of amides is 1. The minimum atomic E-state index is -1.02. The molecular formula is C17H19N3O2. The van der Waals surface area contributed by atoms with Crippen LogP contribution in [0.5, 0.6) is 0 Å². The van der Waals surface area contributed by atoms with Gasteiger partial charge in [-0.3, -0.25) is 0 Å². The van der Waals surface area contributed by atoms with Crippen LogP contribution in [-0.2, 0) is 6.54 Å². The predicted octanol–water partition coefficient (Wildman–Crippen LogP) is 3.09. The summed E-state index contributed by atoms with van der Waals surface area (Å²) in [6, 6.07) is 11.7. The van der Waals surface area contributed by atoms with Gasteiger partial charge in [0.15, 0.2) is 0 Å². The van der Waals surface area contributed by atoms with Gasteiger partial charge in [-0.25, -0.2) is 9.78 Å².